The first-order chi connectivity index (χ1) is 10.4. The Balaban J connectivity index is 2.64. The highest BCUT2D eigenvalue weighted by atomic mass is 35.5. The molecule has 0 amide bonds. The molecule has 0 atom stereocenters. The summed E-state index contributed by atoms with van der Waals surface area (Å²) in [6.07, 6.45) is 0. The van der Waals surface area contributed by atoms with Gasteiger partial charge < -0.3 is 4.74 Å². The average molecular weight is 340 g/mol. The Morgan fingerprint density at radius 3 is 2.32 bits per heavy atom. The highest BCUT2D eigenvalue weighted by Gasteiger charge is 2.24. The van der Waals surface area contributed by atoms with Crippen molar-refractivity contribution in [2.45, 2.75) is 6.92 Å². The lowest BCUT2D eigenvalue weighted by atomic mass is 9.98. The van der Waals surface area contributed by atoms with Crippen LogP contribution in [0.5, 0.6) is 5.75 Å². The van der Waals surface area contributed by atoms with Crippen molar-refractivity contribution < 1.29 is 14.5 Å². The predicted molar refractivity (Wildman–Crippen MR) is 84.3 cm³/mol. The Kier molecular flexibility index (Phi) is 4.68. The molecule has 5 nitrogen and oxygen atoms in total. The van der Waals surface area contributed by atoms with E-state index in [0.717, 1.165) is 0 Å². The van der Waals surface area contributed by atoms with Crippen molar-refractivity contribution in [3.8, 4) is 5.75 Å². The van der Waals surface area contributed by atoms with Crippen molar-refractivity contribution in [2.75, 3.05) is 7.11 Å². The Hall–Kier alpha value is -2.11. The van der Waals surface area contributed by atoms with Gasteiger partial charge in [-0.05, 0) is 30.7 Å². The Morgan fingerprint density at radius 1 is 1.23 bits per heavy atom. The van der Waals surface area contributed by atoms with Crippen molar-refractivity contribution in [1.29, 1.82) is 0 Å². The number of nitro benzene ring substituents is 1. The minimum atomic E-state index is -0.608. The third kappa shape index (κ3) is 2.91. The molecular formula is C15H11Cl2NO4. The van der Waals surface area contributed by atoms with Crippen LogP contribution in [0.4, 0.5) is 5.69 Å². The van der Waals surface area contributed by atoms with Crippen LogP contribution in [0.1, 0.15) is 21.5 Å². The fourth-order valence-electron chi connectivity index (χ4n) is 2.07. The number of methoxy groups -OCH3 is 1. The van der Waals surface area contributed by atoms with Crippen LogP contribution in [0.15, 0.2) is 30.3 Å². The molecule has 0 saturated carbocycles. The Bertz CT molecular complexity index is 754. The number of benzene rings is 2. The smallest absolute Gasteiger partial charge is 0.311 e. The van der Waals surface area contributed by atoms with Gasteiger partial charge in [0.1, 0.15) is 0 Å². The maximum Gasteiger partial charge on any atom is 0.311 e. The molecule has 22 heavy (non-hydrogen) atoms. The maximum atomic E-state index is 12.7. The summed E-state index contributed by atoms with van der Waals surface area (Å²) in [5, 5.41) is 11.5. The second kappa shape index (κ2) is 6.34. The molecule has 0 aliphatic heterocycles. The van der Waals surface area contributed by atoms with Crippen LogP contribution in [-0.4, -0.2) is 17.8 Å². The number of ketones is 1. The second-order valence-corrected chi connectivity index (χ2v) is 5.34. The minimum absolute atomic E-state index is 0.0873. The number of hydrogen-bond acceptors (Lipinski definition) is 4. The molecule has 0 radical (unpaired) electrons. The van der Waals surface area contributed by atoms with Crippen LogP contribution in [0.2, 0.25) is 10.0 Å². The van der Waals surface area contributed by atoms with Gasteiger partial charge in [0.25, 0.3) is 0 Å². The van der Waals surface area contributed by atoms with Gasteiger partial charge in [-0.2, -0.15) is 0 Å². The van der Waals surface area contributed by atoms with E-state index in [1.807, 2.05) is 0 Å². The molecule has 0 spiro atoms. The number of nitro groups is 1. The molecule has 0 aliphatic carbocycles. The van der Waals surface area contributed by atoms with Crippen molar-refractivity contribution in [3.05, 3.63) is 67.2 Å². The zero-order chi connectivity index (χ0) is 16.4. The van der Waals surface area contributed by atoms with Gasteiger partial charge in [-0.3, -0.25) is 14.9 Å². The monoisotopic (exact) mass is 339 g/mol. The van der Waals surface area contributed by atoms with Crippen molar-refractivity contribution in [3.63, 3.8) is 0 Å². The molecule has 2 rings (SSSR count). The molecule has 2 aromatic carbocycles. The lowest BCUT2D eigenvalue weighted by Gasteiger charge is -2.10. The number of carbonyl (C=O) groups excluding carboxylic acids is 1. The standard InChI is InChI=1S/C15H11Cl2NO4/c1-8-6-13(22-2)12(18(20)21)7-9(8)15(19)14-10(16)4-3-5-11(14)17/h3-7H,1-2H3. The summed E-state index contributed by atoms with van der Waals surface area (Å²) < 4.78 is 4.97. The lowest BCUT2D eigenvalue weighted by molar-refractivity contribution is -0.385. The fraction of sp³-hybridized carbons (Fsp3) is 0.133. The van der Waals surface area contributed by atoms with E-state index in [9.17, 15) is 14.9 Å². The average Bonchev–Trinajstić information content (AvgIpc) is 2.46. The molecule has 0 aromatic heterocycles. The molecule has 0 saturated heterocycles. The number of carbonyl (C=O) groups is 1. The summed E-state index contributed by atoms with van der Waals surface area (Å²) in [6, 6.07) is 7.30. The Labute approximate surface area is 136 Å². The van der Waals surface area contributed by atoms with Gasteiger partial charge in [0, 0.05) is 11.6 Å². The van der Waals surface area contributed by atoms with Crippen LogP contribution < -0.4 is 4.74 Å². The van der Waals surface area contributed by atoms with E-state index < -0.39 is 10.7 Å². The van der Waals surface area contributed by atoms with Crippen molar-refractivity contribution in [1.82, 2.24) is 0 Å². The van der Waals surface area contributed by atoms with Gasteiger partial charge in [0.15, 0.2) is 11.5 Å². The lowest BCUT2D eigenvalue weighted by Crippen LogP contribution is -2.07. The summed E-state index contributed by atoms with van der Waals surface area (Å²) in [7, 11) is 1.33. The van der Waals surface area contributed by atoms with Gasteiger partial charge in [-0.1, -0.05) is 29.3 Å². The van der Waals surface area contributed by atoms with E-state index in [2.05, 4.69) is 0 Å². The summed E-state index contributed by atoms with van der Waals surface area (Å²) in [5.74, 6) is -0.386. The normalized spacial score (nSPS) is 10.4. The summed E-state index contributed by atoms with van der Waals surface area (Å²) >= 11 is 12.0. The molecular weight excluding hydrogens is 329 g/mol. The second-order valence-electron chi connectivity index (χ2n) is 4.52. The largest absolute Gasteiger partial charge is 0.490 e. The Morgan fingerprint density at radius 2 is 1.82 bits per heavy atom. The van der Waals surface area contributed by atoms with E-state index >= 15 is 0 Å². The van der Waals surface area contributed by atoms with E-state index in [-0.39, 0.29) is 32.6 Å². The third-order valence-corrected chi connectivity index (χ3v) is 3.79. The van der Waals surface area contributed by atoms with Crippen LogP contribution in [0.3, 0.4) is 0 Å². The molecule has 7 heteroatoms. The molecule has 0 aliphatic rings. The number of halogens is 2. The van der Waals surface area contributed by atoms with Gasteiger partial charge in [-0.25, -0.2) is 0 Å². The molecule has 2 aromatic rings. The molecule has 114 valence electrons. The summed E-state index contributed by atoms with van der Waals surface area (Å²) in [6.45, 7) is 1.66. The first kappa shape index (κ1) is 16.3. The predicted octanol–water partition coefficient (Wildman–Crippen LogP) is 4.45. The number of aryl methyl sites for hydroxylation is 1. The van der Waals surface area contributed by atoms with Gasteiger partial charge in [0.05, 0.1) is 27.6 Å². The van der Waals surface area contributed by atoms with Gasteiger partial charge >= 0.3 is 5.69 Å². The highest BCUT2D eigenvalue weighted by Crippen LogP contribution is 2.33. The number of nitrogens with zero attached hydrogens (tertiary/aromatic N) is 1. The summed E-state index contributed by atoms with van der Waals surface area (Å²) in [5.41, 5.74) is 0.513. The van der Waals surface area contributed by atoms with E-state index in [4.69, 9.17) is 27.9 Å². The molecule has 0 heterocycles. The topological polar surface area (TPSA) is 69.4 Å². The van der Waals surface area contributed by atoms with Crippen molar-refractivity contribution in [2.24, 2.45) is 0 Å². The SMILES string of the molecule is COc1cc(C)c(C(=O)c2c(Cl)cccc2Cl)cc1[N+](=O)[O-]. The van der Waals surface area contributed by atoms with Crippen LogP contribution >= 0.6 is 23.2 Å². The van der Waals surface area contributed by atoms with Crippen molar-refractivity contribution >= 4 is 34.7 Å². The van der Waals surface area contributed by atoms with E-state index in [1.165, 1.54) is 31.4 Å². The van der Waals surface area contributed by atoms with Crippen LogP contribution in [-0.2, 0) is 0 Å². The number of rotatable bonds is 4. The van der Waals surface area contributed by atoms with E-state index in [0.29, 0.717) is 5.56 Å². The number of hydrogen-bond donors (Lipinski definition) is 0. The van der Waals surface area contributed by atoms with E-state index in [1.54, 1.807) is 13.0 Å². The molecule has 0 unspecified atom stereocenters. The van der Waals surface area contributed by atoms with Gasteiger partial charge in [0.2, 0.25) is 0 Å². The van der Waals surface area contributed by atoms with Gasteiger partial charge in [-0.15, -0.1) is 0 Å². The summed E-state index contributed by atoms with van der Waals surface area (Å²) in [4.78, 5) is 23.1. The minimum Gasteiger partial charge on any atom is -0.490 e. The first-order valence-corrected chi connectivity index (χ1v) is 6.94. The maximum absolute atomic E-state index is 12.7. The van der Waals surface area contributed by atoms with Crippen LogP contribution in [0.25, 0.3) is 0 Å². The zero-order valence-electron chi connectivity index (χ0n) is 11.7. The zero-order valence-corrected chi connectivity index (χ0v) is 13.2. The molecule has 0 bridgehead atoms. The number of ether oxygens (including phenoxy) is 1. The third-order valence-electron chi connectivity index (χ3n) is 3.16. The first-order valence-electron chi connectivity index (χ1n) is 6.18. The van der Waals surface area contributed by atoms with Crippen LogP contribution in [0, 0.1) is 17.0 Å². The molecule has 0 fully saturated rings. The quantitative estimate of drug-likeness (QED) is 0.468. The highest BCUT2D eigenvalue weighted by molar-refractivity contribution is 6.41. The molecule has 0 N–H and O–H groups in total. The fourth-order valence-corrected chi connectivity index (χ4v) is 2.64.